The van der Waals surface area contributed by atoms with Gasteiger partial charge in [0.25, 0.3) is 0 Å². The number of nitrogens with zero attached hydrogens (tertiary/aromatic N) is 2. The molecule has 2 aromatic rings. The minimum atomic E-state index is 0.223. The Balaban J connectivity index is 1.66. The van der Waals surface area contributed by atoms with E-state index in [1.165, 1.54) is 5.56 Å². The molecule has 124 valence electrons. The maximum Gasteiger partial charge on any atom is 0.145 e. The van der Waals surface area contributed by atoms with E-state index in [-0.39, 0.29) is 6.10 Å². The highest BCUT2D eigenvalue weighted by atomic mass is 16.6. The molecule has 0 N–H and O–H groups in total. The molecule has 0 saturated carbocycles. The second kappa shape index (κ2) is 7.73. The maximum atomic E-state index is 5.70. The summed E-state index contributed by atoms with van der Waals surface area (Å²) in [6.07, 6.45) is 3.02. The van der Waals surface area contributed by atoms with Crippen molar-refractivity contribution in [3.8, 4) is 5.75 Å². The summed E-state index contributed by atoms with van der Waals surface area (Å²) in [4.78, 5) is 6.77. The molecule has 0 spiro atoms. The molecule has 1 aromatic heterocycles. The highest BCUT2D eigenvalue weighted by Gasteiger charge is 2.15. The number of methoxy groups -OCH3 is 1. The summed E-state index contributed by atoms with van der Waals surface area (Å²) in [5.41, 5.74) is 2.18. The van der Waals surface area contributed by atoms with E-state index in [9.17, 15) is 0 Å². The molecular weight excluding hydrogens is 292 g/mol. The molecule has 5 nitrogen and oxygen atoms in total. The van der Waals surface area contributed by atoms with Crippen molar-refractivity contribution in [3.63, 3.8) is 0 Å². The smallest absolute Gasteiger partial charge is 0.145 e. The molecular formula is C18H24N2O3. The van der Waals surface area contributed by atoms with Crippen LogP contribution in [0.1, 0.15) is 12.0 Å². The van der Waals surface area contributed by atoms with E-state index in [1.807, 2.05) is 12.1 Å². The molecule has 1 atom stereocenters. The van der Waals surface area contributed by atoms with Gasteiger partial charge in [-0.25, -0.2) is 0 Å². The molecule has 2 heterocycles. The lowest BCUT2D eigenvalue weighted by Gasteiger charge is -2.25. The normalized spacial score (nSPS) is 18.5. The van der Waals surface area contributed by atoms with Gasteiger partial charge in [0.15, 0.2) is 0 Å². The van der Waals surface area contributed by atoms with Gasteiger partial charge in [-0.3, -0.25) is 4.98 Å². The maximum absolute atomic E-state index is 5.70. The molecule has 23 heavy (non-hydrogen) atoms. The Labute approximate surface area is 137 Å². The third kappa shape index (κ3) is 3.99. The number of rotatable bonds is 6. The number of fused-ring (bicyclic) bond motifs is 1. The number of benzene rings is 1. The first kappa shape index (κ1) is 16.2. The molecule has 1 aromatic carbocycles. The predicted molar refractivity (Wildman–Crippen MR) is 89.8 cm³/mol. The second-order valence-corrected chi connectivity index (χ2v) is 5.92. The van der Waals surface area contributed by atoms with Crippen molar-refractivity contribution in [1.82, 2.24) is 9.88 Å². The molecule has 0 amide bonds. The van der Waals surface area contributed by atoms with Crippen molar-refractivity contribution in [2.24, 2.45) is 0 Å². The topological polar surface area (TPSA) is 43.8 Å². The molecule has 0 aliphatic carbocycles. The van der Waals surface area contributed by atoms with E-state index in [4.69, 9.17) is 14.2 Å². The Morgan fingerprint density at radius 3 is 3.00 bits per heavy atom. The third-order valence-electron chi connectivity index (χ3n) is 4.20. The van der Waals surface area contributed by atoms with Crippen LogP contribution in [0.4, 0.5) is 0 Å². The molecule has 1 unspecified atom stereocenters. The fourth-order valence-electron chi connectivity index (χ4n) is 2.95. The average molecular weight is 316 g/mol. The summed E-state index contributed by atoms with van der Waals surface area (Å²) < 4.78 is 16.6. The SMILES string of the molecule is COc1ccc(CN(C)CCC2COCCO2)c2cccnc12. The summed E-state index contributed by atoms with van der Waals surface area (Å²) in [5.74, 6) is 0.819. The van der Waals surface area contributed by atoms with Gasteiger partial charge in [-0.2, -0.15) is 0 Å². The zero-order valence-electron chi connectivity index (χ0n) is 13.8. The summed E-state index contributed by atoms with van der Waals surface area (Å²) in [5, 5.41) is 1.15. The van der Waals surface area contributed by atoms with Gasteiger partial charge in [0.1, 0.15) is 11.3 Å². The largest absolute Gasteiger partial charge is 0.494 e. The molecule has 1 fully saturated rings. The standard InChI is InChI=1S/C18H24N2O3/c1-20(9-7-15-13-22-10-11-23-15)12-14-5-6-17(21-2)18-16(14)4-3-8-19-18/h3-6,8,15H,7,9-13H2,1-2H3. The molecule has 1 aliphatic rings. The van der Waals surface area contributed by atoms with Gasteiger partial charge in [0, 0.05) is 24.7 Å². The van der Waals surface area contributed by atoms with Crippen LogP contribution in [0, 0.1) is 0 Å². The first-order chi connectivity index (χ1) is 11.3. The van der Waals surface area contributed by atoms with Crippen LogP contribution in [0.2, 0.25) is 0 Å². The minimum absolute atomic E-state index is 0.223. The molecule has 0 bridgehead atoms. The van der Waals surface area contributed by atoms with Crippen LogP contribution >= 0.6 is 0 Å². The monoisotopic (exact) mass is 316 g/mol. The van der Waals surface area contributed by atoms with Crippen molar-refractivity contribution in [3.05, 3.63) is 36.0 Å². The number of hydrogen-bond donors (Lipinski definition) is 0. The van der Waals surface area contributed by atoms with Gasteiger partial charge in [-0.15, -0.1) is 0 Å². The zero-order chi connectivity index (χ0) is 16.1. The van der Waals surface area contributed by atoms with Gasteiger partial charge in [-0.1, -0.05) is 12.1 Å². The lowest BCUT2D eigenvalue weighted by Crippen LogP contribution is -2.32. The molecule has 1 aliphatic heterocycles. The highest BCUT2D eigenvalue weighted by Crippen LogP contribution is 2.27. The van der Waals surface area contributed by atoms with Gasteiger partial charge in [0.05, 0.1) is 33.0 Å². The van der Waals surface area contributed by atoms with Crippen LogP contribution in [-0.4, -0.2) is 56.5 Å². The Kier molecular flexibility index (Phi) is 5.43. The third-order valence-corrected chi connectivity index (χ3v) is 4.20. The lowest BCUT2D eigenvalue weighted by molar-refractivity contribution is -0.0923. The average Bonchev–Trinajstić information content (AvgIpc) is 2.61. The molecule has 3 rings (SSSR count). The molecule has 0 radical (unpaired) electrons. The van der Waals surface area contributed by atoms with E-state index >= 15 is 0 Å². The summed E-state index contributed by atoms with van der Waals surface area (Å²) in [6, 6.07) is 8.20. The summed E-state index contributed by atoms with van der Waals surface area (Å²) in [6.45, 7) is 3.99. The van der Waals surface area contributed by atoms with E-state index in [1.54, 1.807) is 13.3 Å². The van der Waals surface area contributed by atoms with Crippen LogP contribution in [0.25, 0.3) is 10.9 Å². The van der Waals surface area contributed by atoms with E-state index in [2.05, 4.69) is 29.1 Å². The van der Waals surface area contributed by atoms with Gasteiger partial charge < -0.3 is 19.1 Å². The minimum Gasteiger partial charge on any atom is -0.494 e. The van der Waals surface area contributed by atoms with Gasteiger partial charge in [-0.05, 0) is 31.2 Å². The van der Waals surface area contributed by atoms with Gasteiger partial charge >= 0.3 is 0 Å². The van der Waals surface area contributed by atoms with Gasteiger partial charge in [0.2, 0.25) is 0 Å². The first-order valence-electron chi connectivity index (χ1n) is 8.06. The molecule has 5 heteroatoms. The van der Waals surface area contributed by atoms with Crippen molar-refractivity contribution in [2.75, 3.05) is 40.5 Å². The lowest BCUT2D eigenvalue weighted by atomic mass is 10.1. The van der Waals surface area contributed by atoms with Crippen molar-refractivity contribution >= 4 is 10.9 Å². The number of hydrogen-bond acceptors (Lipinski definition) is 5. The Morgan fingerprint density at radius 1 is 1.30 bits per heavy atom. The summed E-state index contributed by atoms with van der Waals surface area (Å²) in [7, 11) is 3.82. The number of ether oxygens (including phenoxy) is 3. The van der Waals surface area contributed by atoms with E-state index < -0.39 is 0 Å². The Morgan fingerprint density at radius 2 is 2.22 bits per heavy atom. The van der Waals surface area contributed by atoms with E-state index in [0.717, 1.165) is 42.8 Å². The predicted octanol–water partition coefficient (Wildman–Crippen LogP) is 2.48. The van der Waals surface area contributed by atoms with Crippen LogP contribution < -0.4 is 4.74 Å². The van der Waals surface area contributed by atoms with Crippen LogP contribution in [-0.2, 0) is 16.0 Å². The van der Waals surface area contributed by atoms with Crippen LogP contribution in [0.15, 0.2) is 30.5 Å². The van der Waals surface area contributed by atoms with Crippen LogP contribution in [0.5, 0.6) is 5.75 Å². The van der Waals surface area contributed by atoms with E-state index in [0.29, 0.717) is 13.2 Å². The zero-order valence-corrected chi connectivity index (χ0v) is 13.8. The number of pyridine rings is 1. The quantitative estimate of drug-likeness (QED) is 0.819. The Hall–Kier alpha value is -1.69. The van der Waals surface area contributed by atoms with Crippen LogP contribution in [0.3, 0.4) is 0 Å². The number of aromatic nitrogens is 1. The van der Waals surface area contributed by atoms with Crippen molar-refractivity contribution in [2.45, 2.75) is 19.1 Å². The second-order valence-electron chi connectivity index (χ2n) is 5.92. The fraction of sp³-hybridized carbons (Fsp3) is 0.500. The van der Waals surface area contributed by atoms with Crippen molar-refractivity contribution in [1.29, 1.82) is 0 Å². The molecule has 1 saturated heterocycles. The first-order valence-corrected chi connectivity index (χ1v) is 8.06. The van der Waals surface area contributed by atoms with Crippen molar-refractivity contribution < 1.29 is 14.2 Å². The summed E-state index contributed by atoms with van der Waals surface area (Å²) >= 11 is 0. The Bertz CT molecular complexity index is 641. The fourth-order valence-corrected chi connectivity index (χ4v) is 2.95. The highest BCUT2D eigenvalue weighted by molar-refractivity contribution is 5.87.